The van der Waals surface area contributed by atoms with Gasteiger partial charge in [0.25, 0.3) is 0 Å². The van der Waals surface area contributed by atoms with Crippen LogP contribution >= 0.6 is 0 Å². The molecule has 2 N–H and O–H groups in total. The maximum atomic E-state index is 13.7. The first kappa shape index (κ1) is 30.7. The molecule has 10 atom stereocenters. The van der Waals surface area contributed by atoms with E-state index < -0.39 is 0 Å². The molecule has 1 unspecified atom stereocenters. The summed E-state index contributed by atoms with van der Waals surface area (Å²) in [6.07, 6.45) is 7.83. The smallest absolute Gasteiger partial charge is 0.310 e. The number of esters is 1. The molecule has 2 aromatic heterocycles. The Hall–Kier alpha value is -3.29. The third-order valence-corrected chi connectivity index (χ3v) is 13.9. The minimum absolute atomic E-state index is 0.0613. The average molecular weight is 649 g/mol. The van der Waals surface area contributed by atoms with E-state index in [2.05, 4.69) is 77.1 Å². The van der Waals surface area contributed by atoms with Gasteiger partial charge in [-0.15, -0.1) is 0 Å². The van der Waals surface area contributed by atoms with E-state index >= 15 is 0 Å². The Morgan fingerprint density at radius 3 is 2.52 bits per heavy atom. The Morgan fingerprint density at radius 2 is 1.73 bits per heavy atom. The number of fused-ring (bicyclic) bond motifs is 9. The van der Waals surface area contributed by atoms with Crippen molar-refractivity contribution in [3.63, 3.8) is 0 Å². The van der Waals surface area contributed by atoms with Crippen molar-refractivity contribution in [3.05, 3.63) is 64.5 Å². The molecule has 7 nitrogen and oxygen atoms in total. The molecule has 6 aliphatic rings. The molecule has 4 aliphatic heterocycles. The quantitative estimate of drug-likeness (QED) is 0.223. The number of aromatic nitrogens is 2. The molecule has 6 bridgehead atoms. The molecular formula is C41H52N4O3. The number of para-hydroxylation sites is 1. The highest BCUT2D eigenvalue weighted by Crippen LogP contribution is 2.53. The number of likely N-dealkylation sites (N-methyl/N-ethyl adjacent to an activating group) is 1. The van der Waals surface area contributed by atoms with Gasteiger partial charge in [-0.3, -0.25) is 9.69 Å². The van der Waals surface area contributed by atoms with E-state index in [1.54, 1.807) is 7.11 Å². The van der Waals surface area contributed by atoms with Crippen molar-refractivity contribution in [3.8, 4) is 5.75 Å². The van der Waals surface area contributed by atoms with E-state index in [0.717, 1.165) is 56.4 Å². The predicted octanol–water partition coefficient (Wildman–Crippen LogP) is 7.24. The number of methoxy groups -OCH3 is 2. The van der Waals surface area contributed by atoms with Crippen LogP contribution in [0, 0.1) is 29.6 Å². The number of nitrogens with one attached hydrogen (secondary N) is 2. The highest BCUT2D eigenvalue weighted by molar-refractivity contribution is 5.89. The van der Waals surface area contributed by atoms with Crippen LogP contribution in [0.25, 0.3) is 21.8 Å². The summed E-state index contributed by atoms with van der Waals surface area (Å²) in [6.45, 7) is 8.13. The minimum atomic E-state index is -0.171. The Balaban J connectivity index is 1.22. The molecule has 0 spiro atoms. The Labute approximate surface area is 284 Å². The topological polar surface area (TPSA) is 73.6 Å². The van der Waals surface area contributed by atoms with Crippen molar-refractivity contribution in [1.82, 2.24) is 19.8 Å². The molecule has 254 valence electrons. The van der Waals surface area contributed by atoms with E-state index in [0.29, 0.717) is 17.9 Å². The number of H-pyrrole nitrogens is 2. The first-order valence-corrected chi connectivity index (χ1v) is 18.8. The van der Waals surface area contributed by atoms with Crippen molar-refractivity contribution in [2.24, 2.45) is 29.6 Å². The minimum Gasteiger partial charge on any atom is -0.496 e. The van der Waals surface area contributed by atoms with Gasteiger partial charge >= 0.3 is 5.97 Å². The number of hydrogen-bond donors (Lipinski definition) is 2. The van der Waals surface area contributed by atoms with Crippen molar-refractivity contribution < 1.29 is 14.3 Å². The molecule has 0 amide bonds. The summed E-state index contributed by atoms with van der Waals surface area (Å²) in [7, 11) is 5.62. The van der Waals surface area contributed by atoms with Gasteiger partial charge in [-0.2, -0.15) is 0 Å². The fourth-order valence-electron chi connectivity index (χ4n) is 11.8. The normalized spacial score (nSPS) is 34.3. The summed E-state index contributed by atoms with van der Waals surface area (Å²) in [5.74, 6) is 3.63. The zero-order valence-electron chi connectivity index (χ0n) is 29.4. The molecule has 3 saturated heterocycles. The summed E-state index contributed by atoms with van der Waals surface area (Å²) in [6, 6.07) is 14.3. The number of carbonyl (C=O) groups excluding carboxylic acids is 1. The number of aromatic amines is 2. The Bertz CT molecular complexity index is 1870. The third-order valence-electron chi connectivity index (χ3n) is 13.9. The van der Waals surface area contributed by atoms with Crippen LogP contribution in [0.1, 0.15) is 85.9 Å². The first-order valence-electron chi connectivity index (χ1n) is 18.8. The third kappa shape index (κ3) is 4.49. The van der Waals surface area contributed by atoms with Gasteiger partial charge < -0.3 is 24.3 Å². The van der Waals surface area contributed by atoms with E-state index in [-0.39, 0.29) is 29.8 Å². The van der Waals surface area contributed by atoms with Gasteiger partial charge in [0.1, 0.15) is 5.75 Å². The van der Waals surface area contributed by atoms with Crippen LogP contribution < -0.4 is 4.74 Å². The number of nitrogens with zero attached hydrogens (tertiary/aromatic N) is 2. The van der Waals surface area contributed by atoms with Gasteiger partial charge in [0.05, 0.1) is 20.1 Å². The number of ether oxygens (including phenoxy) is 2. The lowest BCUT2D eigenvalue weighted by Gasteiger charge is -2.53. The zero-order valence-corrected chi connectivity index (χ0v) is 29.4. The van der Waals surface area contributed by atoms with Crippen LogP contribution in [-0.2, 0) is 22.4 Å². The SMILES string of the molecule is CC[C@@H]1CN(C)[C@H]2Cc3c([nH]c4ccccc34)[C@@H](c3cc4[nH]c5c(c4cc3OC)CCN3C[C@H]4C[C@H](CC)[C@H]3[C@H]5C4)C[C@H]1[C@@H]2C(=O)OC. The van der Waals surface area contributed by atoms with Gasteiger partial charge in [0, 0.05) is 82.3 Å². The lowest BCUT2D eigenvalue weighted by Crippen LogP contribution is -2.56. The molecule has 4 fully saturated rings. The fraction of sp³-hybridized carbons (Fsp3) is 0.585. The standard InChI is InChI=1S/C41H52N4O3/c1-6-23-14-22-15-32-38-26(12-13-45(20-22)40(23)32)28-19-36(47-4)29(17-34(28)43-38)30-16-27-24(7-2)21-44(3)35(37(27)41(46)48-5)18-31-25-10-8-9-11-33(25)42-39(30)31/h8-11,17,19,22-24,27,30,32,35,37,40,42-43H,6-7,12-16,18,20-21H2,1-5H3/t22-,23-,24+,27+,30+,32-,35-,37-,40-/m0/s1. The summed E-state index contributed by atoms with van der Waals surface area (Å²) in [5.41, 5.74) is 9.28. The molecule has 2 aliphatic carbocycles. The molecule has 0 radical (unpaired) electrons. The molecule has 7 heteroatoms. The van der Waals surface area contributed by atoms with Crippen LogP contribution in [0.5, 0.6) is 5.75 Å². The van der Waals surface area contributed by atoms with E-state index in [4.69, 9.17) is 9.47 Å². The van der Waals surface area contributed by atoms with Gasteiger partial charge in [-0.05, 0) is 92.1 Å². The van der Waals surface area contributed by atoms with Crippen LogP contribution in [0.4, 0.5) is 0 Å². The first-order chi connectivity index (χ1) is 23.4. The second-order valence-electron chi connectivity index (χ2n) is 15.9. The summed E-state index contributed by atoms with van der Waals surface area (Å²) < 4.78 is 11.9. The maximum Gasteiger partial charge on any atom is 0.310 e. The van der Waals surface area contributed by atoms with Crippen molar-refractivity contribution in [2.45, 2.75) is 82.7 Å². The molecule has 2 aromatic carbocycles. The maximum absolute atomic E-state index is 13.7. The number of hydrogen-bond acceptors (Lipinski definition) is 5. The van der Waals surface area contributed by atoms with Crippen LogP contribution in [-0.4, -0.2) is 78.7 Å². The van der Waals surface area contributed by atoms with Crippen LogP contribution in [0.2, 0.25) is 0 Å². The van der Waals surface area contributed by atoms with E-state index in [9.17, 15) is 4.79 Å². The number of rotatable bonds is 5. The van der Waals surface area contributed by atoms with Gasteiger partial charge in [-0.1, -0.05) is 44.9 Å². The number of benzene rings is 2. The van der Waals surface area contributed by atoms with Gasteiger partial charge in [0.2, 0.25) is 0 Å². The Morgan fingerprint density at radius 1 is 0.917 bits per heavy atom. The zero-order chi connectivity index (χ0) is 32.8. The fourth-order valence-corrected chi connectivity index (χ4v) is 11.8. The molecule has 10 rings (SSSR count). The van der Waals surface area contributed by atoms with Crippen molar-refractivity contribution in [1.29, 1.82) is 0 Å². The average Bonchev–Trinajstić information content (AvgIpc) is 3.62. The highest BCUT2D eigenvalue weighted by atomic mass is 16.5. The lowest BCUT2D eigenvalue weighted by atomic mass is 9.64. The van der Waals surface area contributed by atoms with Crippen LogP contribution in [0.3, 0.4) is 0 Å². The molecule has 6 heterocycles. The van der Waals surface area contributed by atoms with E-state index in [1.165, 1.54) is 75.7 Å². The highest BCUT2D eigenvalue weighted by Gasteiger charge is 2.51. The van der Waals surface area contributed by atoms with Crippen LogP contribution in [0.15, 0.2) is 36.4 Å². The van der Waals surface area contributed by atoms with Crippen molar-refractivity contribution in [2.75, 3.05) is 40.9 Å². The summed E-state index contributed by atoms with van der Waals surface area (Å²) in [5, 5.41) is 2.60. The monoisotopic (exact) mass is 648 g/mol. The second-order valence-corrected chi connectivity index (χ2v) is 15.9. The molecule has 48 heavy (non-hydrogen) atoms. The summed E-state index contributed by atoms with van der Waals surface area (Å²) >= 11 is 0. The number of piperidine rings is 3. The molecule has 1 saturated carbocycles. The Kier molecular flexibility index (Phi) is 7.47. The van der Waals surface area contributed by atoms with Crippen molar-refractivity contribution >= 4 is 27.8 Å². The second kappa shape index (κ2) is 11.7. The largest absolute Gasteiger partial charge is 0.496 e. The number of likely N-dealkylation sites (tertiary alicyclic amines) is 1. The number of carbonyl (C=O) groups is 1. The van der Waals surface area contributed by atoms with Gasteiger partial charge in [0.15, 0.2) is 0 Å². The summed E-state index contributed by atoms with van der Waals surface area (Å²) in [4.78, 5) is 27.0. The molecular weight excluding hydrogens is 596 g/mol. The molecule has 4 aromatic rings. The van der Waals surface area contributed by atoms with Gasteiger partial charge in [-0.25, -0.2) is 0 Å². The van der Waals surface area contributed by atoms with E-state index in [1.807, 2.05) is 7.11 Å². The predicted molar refractivity (Wildman–Crippen MR) is 191 cm³/mol. The lowest BCUT2D eigenvalue weighted by molar-refractivity contribution is -0.155.